The number of hydrogen-bond acceptors (Lipinski definition) is 4. The van der Waals surface area contributed by atoms with Crippen LogP contribution in [0.25, 0.3) is 33.2 Å². The van der Waals surface area contributed by atoms with Crippen molar-refractivity contribution in [3.05, 3.63) is 66.9 Å². The third-order valence-electron chi connectivity index (χ3n) is 3.99. The number of hydrogen-bond donors (Lipinski definition) is 1. The lowest BCUT2D eigenvalue weighted by atomic mass is 10.00. The first-order valence-electron chi connectivity index (χ1n) is 7.52. The molecule has 0 aliphatic rings. The van der Waals surface area contributed by atoms with E-state index in [4.69, 9.17) is 14.7 Å². The van der Waals surface area contributed by atoms with Crippen LogP contribution in [0.2, 0.25) is 0 Å². The van der Waals surface area contributed by atoms with Gasteiger partial charge in [-0.1, -0.05) is 41.6 Å². The number of furan rings is 1. The summed E-state index contributed by atoms with van der Waals surface area (Å²) >= 11 is 0. The zero-order chi connectivity index (χ0) is 15.8. The van der Waals surface area contributed by atoms with Crippen molar-refractivity contribution in [1.82, 2.24) is 5.16 Å². The molecule has 114 valence electrons. The van der Waals surface area contributed by atoms with Gasteiger partial charge >= 0.3 is 0 Å². The fourth-order valence-electron chi connectivity index (χ4n) is 2.92. The lowest BCUT2D eigenvalue weighted by Gasteiger charge is -2.07. The van der Waals surface area contributed by atoms with Gasteiger partial charge in [0.1, 0.15) is 17.0 Å². The Labute approximate surface area is 133 Å². The summed E-state index contributed by atoms with van der Waals surface area (Å²) in [6, 6.07) is 15.4. The summed E-state index contributed by atoms with van der Waals surface area (Å²) in [6.45, 7) is 3.77. The van der Waals surface area contributed by atoms with E-state index in [2.05, 4.69) is 11.7 Å². The Hall–Kier alpha value is -2.85. The highest BCUT2D eigenvalue weighted by molar-refractivity contribution is 6.02. The van der Waals surface area contributed by atoms with Crippen LogP contribution >= 0.6 is 0 Å². The molecular formula is C19H16N2O2. The number of rotatable bonds is 4. The summed E-state index contributed by atoms with van der Waals surface area (Å²) < 4.78 is 11.5. The number of fused-ring (bicyclic) bond motifs is 2. The van der Waals surface area contributed by atoms with E-state index in [0.29, 0.717) is 12.2 Å². The zero-order valence-electron chi connectivity index (χ0n) is 12.5. The molecule has 1 unspecified atom stereocenters. The van der Waals surface area contributed by atoms with Crippen molar-refractivity contribution in [2.75, 3.05) is 0 Å². The SMILES string of the molecule is C=CCC(N)c1oc2ccccc2c1-c1noc2ccccc12. The first-order valence-corrected chi connectivity index (χ1v) is 7.52. The number of para-hydroxylation sites is 2. The molecule has 0 fully saturated rings. The normalized spacial score (nSPS) is 12.7. The van der Waals surface area contributed by atoms with Crippen molar-refractivity contribution < 1.29 is 8.94 Å². The first-order chi connectivity index (χ1) is 11.3. The number of nitrogens with zero attached hydrogens (tertiary/aromatic N) is 1. The minimum Gasteiger partial charge on any atom is -0.459 e. The average Bonchev–Trinajstić information content (AvgIpc) is 3.15. The number of benzene rings is 2. The fraction of sp³-hybridized carbons (Fsp3) is 0.105. The molecule has 4 heteroatoms. The molecule has 2 N–H and O–H groups in total. The smallest absolute Gasteiger partial charge is 0.167 e. The summed E-state index contributed by atoms with van der Waals surface area (Å²) in [5.74, 6) is 0.713. The van der Waals surface area contributed by atoms with E-state index in [-0.39, 0.29) is 6.04 Å². The summed E-state index contributed by atoms with van der Waals surface area (Å²) in [7, 11) is 0. The molecule has 0 aliphatic carbocycles. The van der Waals surface area contributed by atoms with Crippen molar-refractivity contribution in [1.29, 1.82) is 0 Å². The lowest BCUT2D eigenvalue weighted by molar-refractivity contribution is 0.457. The van der Waals surface area contributed by atoms with E-state index in [0.717, 1.165) is 33.2 Å². The lowest BCUT2D eigenvalue weighted by Crippen LogP contribution is -2.09. The maximum absolute atomic E-state index is 6.30. The molecule has 0 spiro atoms. The van der Waals surface area contributed by atoms with Gasteiger partial charge in [0.05, 0.1) is 11.6 Å². The second-order valence-electron chi connectivity index (χ2n) is 5.50. The monoisotopic (exact) mass is 304 g/mol. The quantitative estimate of drug-likeness (QED) is 0.549. The summed E-state index contributed by atoms with van der Waals surface area (Å²) in [6.07, 6.45) is 2.42. The molecule has 4 aromatic rings. The Morgan fingerprint density at radius 3 is 2.52 bits per heavy atom. The predicted molar refractivity (Wildman–Crippen MR) is 91.0 cm³/mol. The molecule has 2 aromatic heterocycles. The molecule has 1 atom stereocenters. The molecule has 2 aromatic carbocycles. The van der Waals surface area contributed by atoms with Crippen LogP contribution in [0, 0.1) is 0 Å². The molecular weight excluding hydrogens is 288 g/mol. The van der Waals surface area contributed by atoms with E-state index >= 15 is 0 Å². The highest BCUT2D eigenvalue weighted by Crippen LogP contribution is 2.40. The van der Waals surface area contributed by atoms with Crippen LogP contribution < -0.4 is 5.73 Å². The van der Waals surface area contributed by atoms with Crippen LogP contribution in [-0.4, -0.2) is 5.16 Å². The van der Waals surface area contributed by atoms with Crippen LogP contribution in [0.5, 0.6) is 0 Å². The van der Waals surface area contributed by atoms with Crippen LogP contribution in [0.1, 0.15) is 18.2 Å². The van der Waals surface area contributed by atoms with E-state index in [1.54, 1.807) is 6.08 Å². The van der Waals surface area contributed by atoms with Gasteiger partial charge in [-0.25, -0.2) is 0 Å². The van der Waals surface area contributed by atoms with Crippen molar-refractivity contribution in [2.24, 2.45) is 5.73 Å². The molecule has 2 heterocycles. The van der Waals surface area contributed by atoms with Gasteiger partial charge in [-0.3, -0.25) is 0 Å². The number of nitrogens with two attached hydrogens (primary N) is 1. The van der Waals surface area contributed by atoms with Gasteiger partial charge in [-0.15, -0.1) is 6.58 Å². The minimum atomic E-state index is -0.273. The Morgan fingerprint density at radius 2 is 1.74 bits per heavy atom. The highest BCUT2D eigenvalue weighted by atomic mass is 16.5. The van der Waals surface area contributed by atoms with Gasteiger partial charge in [0.2, 0.25) is 0 Å². The molecule has 4 rings (SSSR count). The largest absolute Gasteiger partial charge is 0.459 e. The van der Waals surface area contributed by atoms with Gasteiger partial charge in [0, 0.05) is 10.8 Å². The third-order valence-corrected chi connectivity index (χ3v) is 3.99. The van der Waals surface area contributed by atoms with E-state index < -0.39 is 0 Å². The Balaban J connectivity index is 2.04. The fourth-order valence-corrected chi connectivity index (χ4v) is 2.92. The molecule has 4 nitrogen and oxygen atoms in total. The minimum absolute atomic E-state index is 0.273. The Morgan fingerprint density at radius 1 is 1.04 bits per heavy atom. The zero-order valence-corrected chi connectivity index (χ0v) is 12.5. The number of aromatic nitrogens is 1. The summed E-state index contributed by atoms with van der Waals surface area (Å²) in [5, 5.41) is 6.21. The second kappa shape index (κ2) is 5.41. The first kappa shape index (κ1) is 13.8. The molecule has 0 radical (unpaired) electrons. The van der Waals surface area contributed by atoms with Crippen molar-refractivity contribution in [3.63, 3.8) is 0 Å². The topological polar surface area (TPSA) is 65.2 Å². The van der Waals surface area contributed by atoms with Crippen LogP contribution in [0.4, 0.5) is 0 Å². The van der Waals surface area contributed by atoms with E-state index in [1.165, 1.54) is 0 Å². The maximum atomic E-state index is 6.30. The van der Waals surface area contributed by atoms with Gasteiger partial charge in [-0.05, 0) is 24.6 Å². The predicted octanol–water partition coefficient (Wildman–Crippen LogP) is 4.82. The summed E-state index contributed by atoms with van der Waals surface area (Å²) in [4.78, 5) is 0. The van der Waals surface area contributed by atoms with E-state index in [1.807, 2.05) is 48.5 Å². The molecule has 0 saturated carbocycles. The molecule has 0 amide bonds. The van der Waals surface area contributed by atoms with Crippen LogP contribution in [0.3, 0.4) is 0 Å². The van der Waals surface area contributed by atoms with Gasteiger partial charge in [0.25, 0.3) is 0 Å². The maximum Gasteiger partial charge on any atom is 0.167 e. The van der Waals surface area contributed by atoms with Gasteiger partial charge in [0.15, 0.2) is 5.58 Å². The summed E-state index contributed by atoms with van der Waals surface area (Å²) in [5.41, 5.74) is 9.51. The third kappa shape index (κ3) is 2.15. The van der Waals surface area contributed by atoms with Crippen LogP contribution in [0.15, 0.2) is 70.1 Å². The molecule has 23 heavy (non-hydrogen) atoms. The van der Waals surface area contributed by atoms with Crippen molar-refractivity contribution >= 4 is 21.9 Å². The van der Waals surface area contributed by atoms with Crippen molar-refractivity contribution in [3.8, 4) is 11.3 Å². The van der Waals surface area contributed by atoms with Gasteiger partial charge in [-0.2, -0.15) is 0 Å². The van der Waals surface area contributed by atoms with Crippen molar-refractivity contribution in [2.45, 2.75) is 12.5 Å². The highest BCUT2D eigenvalue weighted by Gasteiger charge is 2.24. The molecule has 0 bridgehead atoms. The van der Waals surface area contributed by atoms with Gasteiger partial charge < -0.3 is 14.7 Å². The molecule has 0 saturated heterocycles. The van der Waals surface area contributed by atoms with Crippen LogP contribution in [-0.2, 0) is 0 Å². The van der Waals surface area contributed by atoms with E-state index in [9.17, 15) is 0 Å². The Kier molecular flexibility index (Phi) is 3.24. The standard InChI is InChI=1S/C19H16N2O2/c1-2-7-14(20)19-17(12-8-3-5-10-15(12)22-19)18-13-9-4-6-11-16(13)23-21-18/h2-6,8-11,14H,1,7,20H2. The second-order valence-corrected chi connectivity index (χ2v) is 5.50. The molecule has 0 aliphatic heterocycles. The Bertz CT molecular complexity index is 997. The average molecular weight is 304 g/mol.